The molecule has 0 aromatic heterocycles. The van der Waals surface area contributed by atoms with Crippen molar-refractivity contribution in [3.05, 3.63) is 0 Å². The molecule has 4 aliphatic rings. The van der Waals surface area contributed by atoms with Crippen molar-refractivity contribution in [2.45, 2.75) is 117 Å². The van der Waals surface area contributed by atoms with Crippen LogP contribution in [-0.4, -0.2) is 22.4 Å². The Bertz CT molecular complexity index is 573. The Hall–Kier alpha value is -0.0800. The van der Waals surface area contributed by atoms with Crippen LogP contribution in [0.5, 0.6) is 0 Å². The van der Waals surface area contributed by atoms with Crippen LogP contribution < -0.4 is 0 Å². The Morgan fingerprint density at radius 1 is 0.793 bits per heavy atom. The fourth-order valence-electron chi connectivity index (χ4n) is 9.35. The van der Waals surface area contributed by atoms with Gasteiger partial charge in [0, 0.05) is 0 Å². The molecular weight excluding hydrogens is 356 g/mol. The zero-order valence-corrected chi connectivity index (χ0v) is 19.9. The summed E-state index contributed by atoms with van der Waals surface area (Å²) in [5.41, 5.74) is 0.680. The van der Waals surface area contributed by atoms with Gasteiger partial charge in [-0.3, -0.25) is 0 Å². The molecule has 2 nitrogen and oxygen atoms in total. The summed E-state index contributed by atoms with van der Waals surface area (Å²) in [7, 11) is 0. The zero-order chi connectivity index (χ0) is 21.0. The van der Waals surface area contributed by atoms with Crippen LogP contribution in [-0.2, 0) is 0 Å². The zero-order valence-electron chi connectivity index (χ0n) is 19.9. The summed E-state index contributed by atoms with van der Waals surface area (Å²) in [4.78, 5) is 0. The molecule has 4 aliphatic carbocycles. The molecule has 10 atom stereocenters. The highest BCUT2D eigenvalue weighted by Gasteiger charge is 2.63. The Morgan fingerprint density at radius 3 is 2.24 bits per heavy atom. The minimum absolute atomic E-state index is 0.185. The van der Waals surface area contributed by atoms with Gasteiger partial charge in [0.15, 0.2) is 0 Å². The third-order valence-electron chi connectivity index (χ3n) is 10.8. The van der Waals surface area contributed by atoms with Gasteiger partial charge >= 0.3 is 0 Å². The highest BCUT2D eigenvalue weighted by Crippen LogP contribution is 2.68. The van der Waals surface area contributed by atoms with Gasteiger partial charge in [0.25, 0.3) is 0 Å². The monoisotopic (exact) mass is 404 g/mol. The van der Waals surface area contributed by atoms with Crippen molar-refractivity contribution in [3.63, 3.8) is 0 Å². The van der Waals surface area contributed by atoms with Crippen molar-refractivity contribution in [1.29, 1.82) is 0 Å². The molecule has 4 saturated carbocycles. The van der Waals surface area contributed by atoms with Crippen LogP contribution in [0.2, 0.25) is 0 Å². The van der Waals surface area contributed by atoms with Gasteiger partial charge in [-0.25, -0.2) is 0 Å². The van der Waals surface area contributed by atoms with Gasteiger partial charge in [-0.15, -0.1) is 0 Å². The minimum atomic E-state index is -0.189. The maximum atomic E-state index is 11.4. The smallest absolute Gasteiger partial charge is 0.0577 e. The van der Waals surface area contributed by atoms with Crippen LogP contribution >= 0.6 is 0 Å². The number of rotatable bonds is 5. The summed E-state index contributed by atoms with van der Waals surface area (Å²) < 4.78 is 0. The molecule has 29 heavy (non-hydrogen) atoms. The fourth-order valence-corrected chi connectivity index (χ4v) is 9.35. The SMILES string of the molecule is CC(C)CCCC(C)C1CCC2C3C(O)CC4C(O)CCCC4(C)C3CCC12C. The molecule has 0 aliphatic heterocycles. The maximum Gasteiger partial charge on any atom is 0.0577 e. The van der Waals surface area contributed by atoms with E-state index in [1.54, 1.807) is 0 Å². The van der Waals surface area contributed by atoms with E-state index >= 15 is 0 Å². The summed E-state index contributed by atoms with van der Waals surface area (Å²) in [6, 6.07) is 0. The molecule has 0 aromatic carbocycles. The average Bonchev–Trinajstić information content (AvgIpc) is 3.00. The number of hydrogen-bond acceptors (Lipinski definition) is 2. The van der Waals surface area contributed by atoms with E-state index < -0.39 is 0 Å². The molecule has 0 spiro atoms. The molecule has 2 heteroatoms. The molecule has 4 rings (SSSR count). The van der Waals surface area contributed by atoms with E-state index in [1.165, 1.54) is 57.8 Å². The first-order valence-electron chi connectivity index (χ1n) is 13.0. The predicted octanol–water partition coefficient (Wildman–Crippen LogP) is 6.44. The van der Waals surface area contributed by atoms with Gasteiger partial charge in [0.05, 0.1) is 12.2 Å². The van der Waals surface area contributed by atoms with E-state index in [0.717, 1.165) is 30.6 Å². The Kier molecular flexibility index (Phi) is 6.19. The average molecular weight is 405 g/mol. The Morgan fingerprint density at radius 2 is 1.52 bits per heavy atom. The fraction of sp³-hybridized carbons (Fsp3) is 1.00. The van der Waals surface area contributed by atoms with Crippen molar-refractivity contribution in [1.82, 2.24) is 0 Å². The van der Waals surface area contributed by atoms with Crippen LogP contribution in [0.15, 0.2) is 0 Å². The quantitative estimate of drug-likeness (QED) is 0.553. The molecule has 0 amide bonds. The Labute approximate surface area is 180 Å². The summed E-state index contributed by atoms with van der Waals surface area (Å²) >= 11 is 0. The summed E-state index contributed by atoms with van der Waals surface area (Å²) in [6.45, 7) is 12.3. The van der Waals surface area contributed by atoms with Gasteiger partial charge in [0.1, 0.15) is 0 Å². The Balaban J connectivity index is 1.52. The first-order chi connectivity index (χ1) is 13.7. The second kappa shape index (κ2) is 8.12. The highest BCUT2D eigenvalue weighted by molar-refractivity contribution is 5.12. The van der Waals surface area contributed by atoms with Crippen molar-refractivity contribution in [2.75, 3.05) is 0 Å². The van der Waals surface area contributed by atoms with Crippen molar-refractivity contribution in [2.24, 2.45) is 52.3 Å². The molecule has 10 unspecified atom stereocenters. The summed E-state index contributed by atoms with van der Waals surface area (Å²) in [6.07, 6.45) is 13.3. The van der Waals surface area contributed by atoms with Crippen LogP contribution in [0.1, 0.15) is 105 Å². The number of aliphatic hydroxyl groups excluding tert-OH is 2. The van der Waals surface area contributed by atoms with Gasteiger partial charge < -0.3 is 10.2 Å². The van der Waals surface area contributed by atoms with Gasteiger partial charge in [-0.05, 0) is 97.2 Å². The number of hydrogen-bond donors (Lipinski definition) is 2. The molecule has 168 valence electrons. The molecule has 2 N–H and O–H groups in total. The van der Waals surface area contributed by atoms with E-state index in [9.17, 15) is 10.2 Å². The topological polar surface area (TPSA) is 40.5 Å². The first-order valence-corrected chi connectivity index (χ1v) is 13.0. The van der Waals surface area contributed by atoms with Gasteiger partial charge in [-0.2, -0.15) is 0 Å². The minimum Gasteiger partial charge on any atom is -0.393 e. The lowest BCUT2D eigenvalue weighted by atomic mass is 9.43. The standard InChI is InChI=1S/C27H48O2/c1-17(2)8-6-9-18(3)19-11-12-20-25-21(13-15-27(19,20)5)26(4)14-7-10-23(28)22(26)16-24(25)29/h17-25,28-29H,6-16H2,1-5H3. The van der Waals surface area contributed by atoms with Crippen LogP contribution in [0.4, 0.5) is 0 Å². The van der Waals surface area contributed by atoms with Crippen molar-refractivity contribution < 1.29 is 10.2 Å². The number of fused-ring (bicyclic) bond motifs is 5. The third-order valence-corrected chi connectivity index (χ3v) is 10.8. The molecule has 4 fully saturated rings. The van der Waals surface area contributed by atoms with Crippen molar-refractivity contribution >= 4 is 0 Å². The predicted molar refractivity (Wildman–Crippen MR) is 120 cm³/mol. The van der Waals surface area contributed by atoms with Gasteiger partial charge in [-0.1, -0.05) is 60.3 Å². The second-order valence-corrected chi connectivity index (χ2v) is 12.7. The lowest BCUT2D eigenvalue weighted by molar-refractivity contribution is -0.187. The molecule has 0 radical (unpaired) electrons. The summed E-state index contributed by atoms with van der Waals surface area (Å²) in [5, 5.41) is 22.1. The highest BCUT2D eigenvalue weighted by atomic mass is 16.3. The van der Waals surface area contributed by atoms with Gasteiger partial charge in [0.2, 0.25) is 0 Å². The summed E-state index contributed by atoms with van der Waals surface area (Å²) in [5.74, 6) is 4.61. The van der Waals surface area contributed by atoms with Crippen LogP contribution in [0.3, 0.4) is 0 Å². The molecule has 0 aromatic rings. The molecule has 0 heterocycles. The van der Waals surface area contributed by atoms with E-state index in [1.807, 2.05) is 0 Å². The second-order valence-electron chi connectivity index (χ2n) is 12.7. The maximum absolute atomic E-state index is 11.4. The van der Waals surface area contributed by atoms with E-state index in [-0.39, 0.29) is 17.6 Å². The van der Waals surface area contributed by atoms with Crippen LogP contribution in [0, 0.1) is 52.3 Å². The normalized spacial score (nSPS) is 50.7. The lowest BCUT2D eigenvalue weighted by Gasteiger charge is -2.62. The molecular formula is C27H48O2. The number of aliphatic hydroxyl groups is 2. The van der Waals surface area contributed by atoms with E-state index in [0.29, 0.717) is 29.1 Å². The van der Waals surface area contributed by atoms with Crippen LogP contribution in [0.25, 0.3) is 0 Å². The van der Waals surface area contributed by atoms with E-state index in [2.05, 4.69) is 34.6 Å². The molecule has 0 saturated heterocycles. The first kappa shape index (κ1) is 22.1. The van der Waals surface area contributed by atoms with E-state index in [4.69, 9.17) is 0 Å². The molecule has 0 bridgehead atoms. The third kappa shape index (κ3) is 3.63. The lowest BCUT2D eigenvalue weighted by Crippen LogP contribution is -2.60. The van der Waals surface area contributed by atoms with Crippen molar-refractivity contribution in [3.8, 4) is 0 Å². The largest absolute Gasteiger partial charge is 0.393 e.